The molecule has 3 aromatic rings. The molecule has 0 saturated carbocycles. The molecule has 3 fully saturated rings. The summed E-state index contributed by atoms with van der Waals surface area (Å²) < 4.78 is 4.68. The van der Waals surface area contributed by atoms with Crippen molar-refractivity contribution < 1.29 is 24.2 Å². The average Bonchev–Trinajstić information content (AvgIpc) is 3.71. The predicted molar refractivity (Wildman–Crippen MR) is 199 cm³/mol. The molecule has 3 amide bonds. The number of fused-ring (bicyclic) bond motifs is 1. The van der Waals surface area contributed by atoms with Crippen LogP contribution in [0.25, 0.3) is 0 Å². The van der Waals surface area contributed by atoms with Crippen LogP contribution in [0.15, 0.2) is 104 Å². The van der Waals surface area contributed by atoms with E-state index in [0.29, 0.717) is 40.7 Å². The van der Waals surface area contributed by atoms with Crippen molar-refractivity contribution >= 4 is 68.4 Å². The molecule has 49 heavy (non-hydrogen) atoms. The first-order chi connectivity index (χ1) is 23.7. The number of likely N-dealkylation sites (tertiary alicyclic amines) is 1. The Morgan fingerprint density at radius 2 is 1.61 bits per heavy atom. The fourth-order valence-corrected chi connectivity index (χ4v) is 11.4. The van der Waals surface area contributed by atoms with E-state index in [2.05, 4.69) is 29.1 Å². The molecule has 11 heteroatoms. The zero-order valence-corrected chi connectivity index (χ0v) is 30.3. The molecule has 3 saturated heterocycles. The summed E-state index contributed by atoms with van der Waals surface area (Å²) in [6.07, 6.45) is 3.81. The number of alkyl halides is 1. The van der Waals surface area contributed by atoms with Gasteiger partial charge in [0.1, 0.15) is 11.8 Å². The third-order valence-corrected chi connectivity index (χ3v) is 13.2. The number of benzene rings is 3. The SMILES string of the molecule is C=CCN(C(=O)C1N([C@H](CO)c2ccccc2)C(=O)[C@@H]2[C@H](C(=O)N(CC=C)c3ccc(OCC)cc3)[C@H]3SC12CC3Br)c1ccc(Cl)cc1. The maximum absolute atomic E-state index is 15.1. The predicted octanol–water partition coefficient (Wildman–Crippen LogP) is 6.68. The second-order valence-electron chi connectivity index (χ2n) is 12.4. The summed E-state index contributed by atoms with van der Waals surface area (Å²) in [5.41, 5.74) is 1.97. The van der Waals surface area contributed by atoms with Gasteiger partial charge < -0.3 is 24.5 Å². The molecule has 0 aromatic heterocycles. The van der Waals surface area contributed by atoms with Crippen molar-refractivity contribution in [2.45, 2.75) is 40.3 Å². The highest BCUT2D eigenvalue weighted by Crippen LogP contribution is 2.69. The standard InChI is InChI=1S/C38H39BrClN3O5S/c1-4-20-41(27-16-18-28(19-17-27)48-6-3)35(45)31-32-36(46)43(30(23-44)24-10-8-7-9-11-24)34(38(32)22-29(39)33(31)49-38)37(47)42(21-5-2)26-14-12-25(40)13-15-26/h4-5,7-19,29-34,44H,1-2,6,20-23H2,3H3/t29?,30-,31+,32+,33+,34?,38?/m1/s1. The minimum Gasteiger partial charge on any atom is -0.494 e. The Labute approximate surface area is 304 Å². The van der Waals surface area contributed by atoms with Gasteiger partial charge in [-0.15, -0.1) is 24.9 Å². The molecule has 2 bridgehead atoms. The van der Waals surface area contributed by atoms with Crippen LogP contribution in [-0.2, 0) is 14.4 Å². The summed E-state index contributed by atoms with van der Waals surface area (Å²) in [5.74, 6) is -1.67. The van der Waals surface area contributed by atoms with Crippen molar-refractivity contribution in [3.8, 4) is 5.75 Å². The van der Waals surface area contributed by atoms with Crippen LogP contribution in [0, 0.1) is 11.8 Å². The van der Waals surface area contributed by atoms with Crippen molar-refractivity contribution in [1.82, 2.24) is 4.90 Å². The van der Waals surface area contributed by atoms with E-state index in [1.807, 2.05) is 61.5 Å². The number of rotatable bonds is 13. The number of hydrogen-bond acceptors (Lipinski definition) is 6. The number of carbonyl (C=O) groups excluding carboxylic acids is 3. The monoisotopic (exact) mass is 763 g/mol. The number of aliphatic hydroxyl groups excluding tert-OH is 1. The van der Waals surface area contributed by atoms with Gasteiger partial charge in [-0.1, -0.05) is 70.0 Å². The smallest absolute Gasteiger partial charge is 0.251 e. The Kier molecular flexibility index (Phi) is 10.6. The molecule has 3 unspecified atom stereocenters. The number of hydrogen-bond donors (Lipinski definition) is 1. The first-order valence-electron chi connectivity index (χ1n) is 16.3. The molecular weight excluding hydrogens is 726 g/mol. The number of carbonyl (C=O) groups is 3. The molecule has 3 heterocycles. The molecule has 8 nitrogen and oxygen atoms in total. The van der Waals surface area contributed by atoms with Gasteiger partial charge >= 0.3 is 0 Å². The van der Waals surface area contributed by atoms with Crippen molar-refractivity contribution in [3.05, 3.63) is 115 Å². The first-order valence-corrected chi connectivity index (χ1v) is 18.5. The summed E-state index contributed by atoms with van der Waals surface area (Å²) in [4.78, 5) is 49.7. The topological polar surface area (TPSA) is 90.4 Å². The van der Waals surface area contributed by atoms with Gasteiger partial charge in [-0.25, -0.2) is 0 Å². The molecule has 1 spiro atoms. The van der Waals surface area contributed by atoms with E-state index < -0.39 is 35.3 Å². The van der Waals surface area contributed by atoms with E-state index in [1.54, 1.807) is 62.9 Å². The summed E-state index contributed by atoms with van der Waals surface area (Å²) in [6, 6.07) is 21.7. The van der Waals surface area contributed by atoms with Gasteiger partial charge in [0.25, 0.3) is 5.91 Å². The highest BCUT2D eigenvalue weighted by molar-refractivity contribution is 9.09. The maximum Gasteiger partial charge on any atom is 0.251 e. The number of ether oxygens (including phenoxy) is 1. The van der Waals surface area contributed by atoms with E-state index in [1.165, 1.54) is 0 Å². The van der Waals surface area contributed by atoms with E-state index in [9.17, 15) is 9.90 Å². The summed E-state index contributed by atoms with van der Waals surface area (Å²) in [6.45, 7) is 10.3. The van der Waals surface area contributed by atoms with Crippen LogP contribution in [0.2, 0.25) is 5.02 Å². The van der Waals surface area contributed by atoms with Gasteiger partial charge in [-0.2, -0.15) is 0 Å². The number of nitrogens with zero attached hydrogens (tertiary/aromatic N) is 3. The third-order valence-electron chi connectivity index (χ3n) is 9.69. The van der Waals surface area contributed by atoms with E-state index in [-0.39, 0.29) is 40.9 Å². The Bertz CT molecular complexity index is 1710. The molecule has 3 aliphatic heterocycles. The molecule has 3 aromatic carbocycles. The van der Waals surface area contributed by atoms with Crippen LogP contribution < -0.4 is 14.5 Å². The lowest BCUT2D eigenvalue weighted by Gasteiger charge is -2.40. The highest BCUT2D eigenvalue weighted by atomic mass is 79.9. The Balaban J connectivity index is 1.47. The molecular formula is C38H39BrClN3O5S. The fraction of sp³-hybridized carbons (Fsp3) is 0.342. The zero-order valence-electron chi connectivity index (χ0n) is 27.2. The van der Waals surface area contributed by atoms with Gasteiger partial charge in [0.05, 0.1) is 35.8 Å². The van der Waals surface area contributed by atoms with Crippen molar-refractivity contribution in [2.24, 2.45) is 11.8 Å². The van der Waals surface area contributed by atoms with Crippen LogP contribution in [0.5, 0.6) is 5.75 Å². The second kappa shape index (κ2) is 14.7. The molecule has 7 atom stereocenters. The first kappa shape index (κ1) is 35.3. The quantitative estimate of drug-likeness (QED) is 0.155. The Hall–Kier alpha value is -3.57. The van der Waals surface area contributed by atoms with Crippen molar-refractivity contribution in [2.75, 3.05) is 36.1 Å². The number of halogens is 2. The third kappa shape index (κ3) is 6.22. The lowest BCUT2D eigenvalue weighted by Crippen LogP contribution is -2.56. The highest BCUT2D eigenvalue weighted by Gasteiger charge is 2.76. The normalized spacial score (nSPS) is 25.8. The van der Waals surface area contributed by atoms with Crippen molar-refractivity contribution in [1.29, 1.82) is 0 Å². The van der Waals surface area contributed by atoms with Crippen LogP contribution in [0.3, 0.4) is 0 Å². The maximum atomic E-state index is 15.1. The minimum atomic E-state index is -0.982. The fourth-order valence-electron chi connectivity index (χ4n) is 7.74. The lowest BCUT2D eigenvalue weighted by molar-refractivity contribution is -0.142. The second-order valence-corrected chi connectivity index (χ2v) is 15.5. The van der Waals surface area contributed by atoms with Gasteiger partial charge in [0.2, 0.25) is 11.8 Å². The minimum absolute atomic E-state index is 0.135. The summed E-state index contributed by atoms with van der Waals surface area (Å²) in [7, 11) is 0. The van der Waals surface area contributed by atoms with Gasteiger partial charge in [0.15, 0.2) is 0 Å². The lowest BCUT2D eigenvalue weighted by atomic mass is 9.70. The zero-order chi connectivity index (χ0) is 34.9. The van der Waals surface area contributed by atoms with Crippen LogP contribution >= 0.6 is 39.3 Å². The molecule has 1 N–H and O–H groups in total. The van der Waals surface area contributed by atoms with E-state index >= 15 is 9.59 Å². The van der Waals surface area contributed by atoms with Gasteiger partial charge in [-0.3, -0.25) is 14.4 Å². The van der Waals surface area contributed by atoms with E-state index in [4.69, 9.17) is 16.3 Å². The van der Waals surface area contributed by atoms with Gasteiger partial charge in [-0.05, 0) is 67.4 Å². The summed E-state index contributed by atoms with van der Waals surface area (Å²) >= 11 is 11.6. The van der Waals surface area contributed by atoms with Crippen LogP contribution in [0.1, 0.15) is 24.9 Å². The Morgan fingerprint density at radius 3 is 2.18 bits per heavy atom. The van der Waals surface area contributed by atoms with Crippen LogP contribution in [0.4, 0.5) is 11.4 Å². The number of aliphatic hydroxyl groups is 1. The van der Waals surface area contributed by atoms with Crippen molar-refractivity contribution in [3.63, 3.8) is 0 Å². The number of thioether (sulfide) groups is 1. The largest absolute Gasteiger partial charge is 0.494 e. The Morgan fingerprint density at radius 1 is 1.02 bits per heavy atom. The molecule has 0 aliphatic carbocycles. The molecule has 0 radical (unpaired) electrons. The average molecular weight is 765 g/mol. The van der Waals surface area contributed by atoms with E-state index in [0.717, 1.165) is 0 Å². The molecule has 3 aliphatic rings. The molecule has 6 rings (SSSR count). The number of anilines is 2. The number of amides is 3. The summed E-state index contributed by atoms with van der Waals surface area (Å²) in [5, 5.41) is 11.2. The molecule has 256 valence electrons. The van der Waals surface area contributed by atoms with Crippen LogP contribution in [-0.4, -0.2) is 74.9 Å². The van der Waals surface area contributed by atoms with Gasteiger partial charge in [0, 0.05) is 39.6 Å².